The fourth-order valence-electron chi connectivity index (χ4n) is 4.21. The number of nitrogens with one attached hydrogen (secondary N) is 1. The summed E-state index contributed by atoms with van der Waals surface area (Å²) in [6, 6.07) is 7.42. The summed E-state index contributed by atoms with van der Waals surface area (Å²) in [6.07, 6.45) is 4.43. The molecule has 0 atom stereocenters. The third kappa shape index (κ3) is 5.92. The highest BCUT2D eigenvalue weighted by molar-refractivity contribution is 7.93. The first-order valence-electron chi connectivity index (χ1n) is 11.2. The molecular weight excluding hydrogens is 446 g/mol. The van der Waals surface area contributed by atoms with Gasteiger partial charge < -0.3 is 14.7 Å². The summed E-state index contributed by atoms with van der Waals surface area (Å²) < 4.78 is 27.8. The highest BCUT2D eigenvalue weighted by atomic mass is 32.2. The number of carbonyl (C=O) groups excluding carboxylic acids is 1. The number of hydrogen-bond donors (Lipinski definition) is 1. The fourth-order valence-corrected chi connectivity index (χ4v) is 6.14. The molecule has 4 rings (SSSR count). The number of hydrogen-bond acceptors (Lipinski definition) is 7. The van der Waals surface area contributed by atoms with Crippen LogP contribution in [0.4, 0.5) is 16.5 Å². The Balaban J connectivity index is 1.31. The maximum absolute atomic E-state index is 12.7. The normalized spacial score (nSPS) is 17.8. The van der Waals surface area contributed by atoms with Crippen LogP contribution < -0.4 is 14.5 Å². The Bertz CT molecular complexity index is 1020. The second-order valence-corrected chi connectivity index (χ2v) is 11.0. The van der Waals surface area contributed by atoms with Crippen molar-refractivity contribution >= 4 is 43.8 Å². The highest BCUT2D eigenvalue weighted by Crippen LogP contribution is 2.23. The summed E-state index contributed by atoms with van der Waals surface area (Å²) in [5.41, 5.74) is 2.58. The minimum Gasteiger partial charge on any atom is -0.372 e. The lowest BCUT2D eigenvalue weighted by Gasteiger charge is -2.28. The average molecular weight is 478 g/mol. The molecule has 0 bridgehead atoms. The molecule has 2 fully saturated rings. The number of sulfonamides is 1. The number of benzene rings is 1. The van der Waals surface area contributed by atoms with Gasteiger partial charge in [-0.25, -0.2) is 13.4 Å². The molecule has 8 nitrogen and oxygen atoms in total. The Hall–Kier alpha value is -2.33. The molecule has 1 aromatic carbocycles. The third-order valence-electron chi connectivity index (χ3n) is 5.90. The average Bonchev–Trinajstić information content (AvgIpc) is 3.05. The molecule has 3 heterocycles. The van der Waals surface area contributed by atoms with Crippen LogP contribution in [0.2, 0.25) is 0 Å². The molecule has 0 radical (unpaired) electrons. The number of anilines is 3. The molecule has 2 aliphatic rings. The van der Waals surface area contributed by atoms with Crippen molar-refractivity contribution < 1.29 is 13.2 Å². The number of piperidine rings is 1. The first-order chi connectivity index (χ1) is 15.4. The molecule has 2 aromatic rings. The predicted octanol–water partition coefficient (Wildman–Crippen LogP) is 2.92. The van der Waals surface area contributed by atoms with E-state index in [4.69, 9.17) is 0 Å². The molecule has 0 saturated carbocycles. The standard InChI is InChI=1S/C22H31N5O3S2/c1-18-16-31-22(23-18)27-13-5-12-26(14-15-27)21(28)17-32(29,30)24-19-6-8-20(9-7-19)25-10-3-2-4-11-25/h6-9,16,24H,2-5,10-15,17H2,1H3. The summed E-state index contributed by atoms with van der Waals surface area (Å²) in [7, 11) is -3.77. The smallest absolute Gasteiger partial charge is 0.241 e. The summed E-state index contributed by atoms with van der Waals surface area (Å²) in [5, 5.41) is 2.97. The molecule has 174 valence electrons. The van der Waals surface area contributed by atoms with Crippen LogP contribution in [0.3, 0.4) is 0 Å². The Kier molecular flexibility index (Phi) is 7.20. The van der Waals surface area contributed by atoms with E-state index in [9.17, 15) is 13.2 Å². The fraction of sp³-hybridized carbons (Fsp3) is 0.545. The van der Waals surface area contributed by atoms with Crippen molar-refractivity contribution in [3.63, 3.8) is 0 Å². The maximum Gasteiger partial charge on any atom is 0.241 e. The third-order valence-corrected chi connectivity index (χ3v) is 8.09. The van der Waals surface area contributed by atoms with Crippen molar-refractivity contribution in [1.82, 2.24) is 9.88 Å². The number of carbonyl (C=O) groups is 1. The second kappa shape index (κ2) is 10.1. The lowest BCUT2D eigenvalue weighted by molar-refractivity contribution is -0.128. The SMILES string of the molecule is Cc1csc(N2CCCN(C(=O)CS(=O)(=O)Nc3ccc(N4CCCCC4)cc3)CC2)n1. The van der Waals surface area contributed by atoms with Gasteiger partial charge in [-0.1, -0.05) is 0 Å². The minimum absolute atomic E-state index is 0.361. The van der Waals surface area contributed by atoms with E-state index >= 15 is 0 Å². The zero-order valence-corrected chi connectivity index (χ0v) is 20.1. The number of aromatic nitrogens is 1. The zero-order chi connectivity index (χ0) is 22.6. The minimum atomic E-state index is -3.77. The first-order valence-corrected chi connectivity index (χ1v) is 13.7. The van der Waals surface area contributed by atoms with Gasteiger partial charge in [0.1, 0.15) is 5.75 Å². The van der Waals surface area contributed by atoms with E-state index in [1.165, 1.54) is 19.3 Å². The van der Waals surface area contributed by atoms with E-state index in [1.54, 1.807) is 28.4 Å². The molecule has 1 amide bonds. The van der Waals surface area contributed by atoms with Gasteiger partial charge in [-0.3, -0.25) is 9.52 Å². The Labute approximate surface area is 194 Å². The monoisotopic (exact) mass is 477 g/mol. The van der Waals surface area contributed by atoms with Gasteiger partial charge in [0.05, 0.1) is 5.69 Å². The molecule has 0 aliphatic carbocycles. The summed E-state index contributed by atoms with van der Waals surface area (Å²) in [4.78, 5) is 23.4. The Morgan fingerprint density at radius 1 is 0.969 bits per heavy atom. The quantitative estimate of drug-likeness (QED) is 0.689. The number of nitrogens with zero attached hydrogens (tertiary/aromatic N) is 4. The molecule has 1 N–H and O–H groups in total. The summed E-state index contributed by atoms with van der Waals surface area (Å²) in [5.74, 6) is -0.906. The van der Waals surface area contributed by atoms with E-state index in [2.05, 4.69) is 19.5 Å². The van der Waals surface area contributed by atoms with Crippen LogP contribution in [0, 0.1) is 6.92 Å². The molecule has 32 heavy (non-hydrogen) atoms. The molecule has 0 spiro atoms. The van der Waals surface area contributed by atoms with Crippen LogP contribution in [-0.4, -0.2) is 69.2 Å². The lowest BCUT2D eigenvalue weighted by Crippen LogP contribution is -2.39. The van der Waals surface area contributed by atoms with E-state index in [0.29, 0.717) is 25.3 Å². The van der Waals surface area contributed by atoms with Crippen LogP contribution in [0.5, 0.6) is 0 Å². The van der Waals surface area contributed by atoms with Crippen LogP contribution in [-0.2, 0) is 14.8 Å². The molecular formula is C22H31N5O3S2. The van der Waals surface area contributed by atoms with Gasteiger partial charge in [0.25, 0.3) is 0 Å². The predicted molar refractivity (Wildman–Crippen MR) is 130 cm³/mol. The first kappa shape index (κ1) is 22.8. The topological polar surface area (TPSA) is 85.8 Å². The van der Waals surface area contributed by atoms with Crippen molar-refractivity contribution in [2.24, 2.45) is 0 Å². The number of amides is 1. The molecule has 10 heteroatoms. The zero-order valence-electron chi connectivity index (χ0n) is 18.5. The van der Waals surface area contributed by atoms with Crippen LogP contribution in [0.1, 0.15) is 31.4 Å². The van der Waals surface area contributed by atoms with Crippen LogP contribution in [0.15, 0.2) is 29.6 Å². The number of rotatable bonds is 6. The summed E-state index contributed by atoms with van der Waals surface area (Å²) >= 11 is 1.60. The van der Waals surface area contributed by atoms with Gasteiger partial charge >= 0.3 is 0 Å². The largest absolute Gasteiger partial charge is 0.372 e. The van der Waals surface area contributed by atoms with Gasteiger partial charge in [-0.05, 0) is 56.9 Å². The van der Waals surface area contributed by atoms with Crippen molar-refractivity contribution in [2.75, 3.05) is 59.5 Å². The van der Waals surface area contributed by atoms with E-state index in [0.717, 1.165) is 42.6 Å². The second-order valence-electron chi connectivity index (χ2n) is 8.45. The highest BCUT2D eigenvalue weighted by Gasteiger charge is 2.25. The van der Waals surface area contributed by atoms with Gasteiger partial charge in [-0.2, -0.15) is 0 Å². The van der Waals surface area contributed by atoms with E-state index in [-0.39, 0.29) is 5.91 Å². The lowest BCUT2D eigenvalue weighted by atomic mass is 10.1. The van der Waals surface area contributed by atoms with Gasteiger partial charge in [-0.15, -0.1) is 11.3 Å². The van der Waals surface area contributed by atoms with Crippen LogP contribution in [0.25, 0.3) is 0 Å². The van der Waals surface area contributed by atoms with Crippen molar-refractivity contribution in [2.45, 2.75) is 32.6 Å². The maximum atomic E-state index is 12.7. The Morgan fingerprint density at radius 2 is 1.69 bits per heavy atom. The van der Waals surface area contributed by atoms with Gasteiger partial charge in [0, 0.05) is 56.0 Å². The molecule has 2 saturated heterocycles. The van der Waals surface area contributed by atoms with Gasteiger partial charge in [0.2, 0.25) is 15.9 Å². The van der Waals surface area contributed by atoms with Crippen molar-refractivity contribution in [3.8, 4) is 0 Å². The van der Waals surface area contributed by atoms with Crippen LogP contribution >= 0.6 is 11.3 Å². The van der Waals surface area contributed by atoms with E-state index in [1.807, 2.05) is 24.4 Å². The molecule has 0 unspecified atom stereocenters. The van der Waals surface area contributed by atoms with E-state index < -0.39 is 15.8 Å². The van der Waals surface area contributed by atoms with Gasteiger partial charge in [0.15, 0.2) is 5.13 Å². The van der Waals surface area contributed by atoms with Crippen molar-refractivity contribution in [1.29, 1.82) is 0 Å². The molecule has 1 aromatic heterocycles. The molecule has 2 aliphatic heterocycles. The van der Waals surface area contributed by atoms with Crippen molar-refractivity contribution in [3.05, 3.63) is 35.3 Å². The number of thiazole rings is 1. The Morgan fingerprint density at radius 3 is 2.38 bits per heavy atom. The number of aryl methyl sites for hydroxylation is 1. The summed E-state index contributed by atoms with van der Waals surface area (Å²) in [6.45, 7) is 6.56.